The van der Waals surface area contributed by atoms with Crippen molar-refractivity contribution in [1.82, 2.24) is 9.97 Å². The number of aromatic nitrogens is 2. The fourth-order valence-electron chi connectivity index (χ4n) is 4.88. The van der Waals surface area contributed by atoms with Crippen LogP contribution in [0.25, 0.3) is 11.1 Å². The van der Waals surface area contributed by atoms with E-state index in [9.17, 15) is 27.2 Å². The minimum absolute atomic E-state index is 0.137. The van der Waals surface area contributed by atoms with Gasteiger partial charge in [-0.2, -0.15) is 13.2 Å². The Hall–Kier alpha value is -4.06. The van der Waals surface area contributed by atoms with E-state index in [1.54, 1.807) is 19.2 Å². The highest BCUT2D eigenvalue weighted by Crippen LogP contribution is 2.40. The highest BCUT2D eigenvalue weighted by Gasteiger charge is 2.39. The van der Waals surface area contributed by atoms with E-state index in [1.807, 2.05) is 13.0 Å². The maximum atomic E-state index is 14.5. The maximum absolute atomic E-state index is 14.5. The number of benzene rings is 1. The Labute approximate surface area is 221 Å². The van der Waals surface area contributed by atoms with Crippen molar-refractivity contribution in [2.45, 2.75) is 38.5 Å². The molecule has 12 heteroatoms. The molecule has 2 aliphatic heterocycles. The number of amides is 2. The number of hydrogen-bond donors (Lipinski definition) is 1. The summed E-state index contributed by atoms with van der Waals surface area (Å²) in [6, 6.07) is 6.01. The summed E-state index contributed by atoms with van der Waals surface area (Å²) in [6.45, 7) is 4.70. The molecule has 2 amide bonds. The number of ether oxygens (including phenoxy) is 2. The summed E-state index contributed by atoms with van der Waals surface area (Å²) >= 11 is 0. The molecule has 2 aliphatic rings. The molecular weight excluding hydrogens is 520 g/mol. The number of halogens is 4. The Bertz CT molecular complexity index is 1450. The predicted octanol–water partition coefficient (Wildman–Crippen LogP) is 5.71. The number of anilines is 2. The van der Waals surface area contributed by atoms with E-state index in [0.717, 1.165) is 17.7 Å². The van der Waals surface area contributed by atoms with E-state index >= 15 is 0 Å². The van der Waals surface area contributed by atoms with Crippen molar-refractivity contribution >= 4 is 23.5 Å². The fraction of sp³-hybridized carbons (Fsp3) is 0.333. The largest absolute Gasteiger partial charge is 0.443 e. The number of nitrogens with one attached hydrogen (secondary N) is 1. The van der Waals surface area contributed by atoms with Crippen molar-refractivity contribution in [3.8, 4) is 11.1 Å². The van der Waals surface area contributed by atoms with Crippen LogP contribution in [0.1, 0.15) is 46.4 Å². The quantitative estimate of drug-likeness (QED) is 0.423. The molecule has 1 saturated heterocycles. The molecule has 204 valence electrons. The second-order valence-corrected chi connectivity index (χ2v) is 9.25. The molecule has 0 spiro atoms. The van der Waals surface area contributed by atoms with Gasteiger partial charge in [0.15, 0.2) is 0 Å². The monoisotopic (exact) mass is 544 g/mol. The Morgan fingerprint density at radius 3 is 2.74 bits per heavy atom. The Morgan fingerprint density at radius 1 is 1.21 bits per heavy atom. The van der Waals surface area contributed by atoms with Gasteiger partial charge in [-0.25, -0.2) is 14.2 Å². The molecule has 0 saturated carbocycles. The van der Waals surface area contributed by atoms with E-state index in [-0.39, 0.29) is 18.2 Å². The molecule has 3 aromatic rings. The van der Waals surface area contributed by atoms with Gasteiger partial charge in [-0.1, -0.05) is 6.07 Å². The molecule has 4 heterocycles. The number of carbonyl (C=O) groups is 2. The Kier molecular flexibility index (Phi) is 6.98. The topological polar surface area (TPSA) is 93.7 Å². The second kappa shape index (κ2) is 10.3. The highest BCUT2D eigenvalue weighted by molar-refractivity contribution is 6.04. The van der Waals surface area contributed by atoms with Crippen molar-refractivity contribution in [3.63, 3.8) is 0 Å². The minimum atomic E-state index is -4.94. The van der Waals surface area contributed by atoms with Crippen LogP contribution in [0.5, 0.6) is 0 Å². The fourth-order valence-corrected chi connectivity index (χ4v) is 4.88. The third-order valence-corrected chi connectivity index (χ3v) is 6.85. The third-order valence-electron chi connectivity index (χ3n) is 6.85. The highest BCUT2D eigenvalue weighted by atomic mass is 19.4. The van der Waals surface area contributed by atoms with Gasteiger partial charge in [0.05, 0.1) is 29.6 Å². The number of alkyl halides is 3. The lowest BCUT2D eigenvalue weighted by atomic mass is 9.88. The normalized spacial score (nSPS) is 19.0. The van der Waals surface area contributed by atoms with Crippen LogP contribution in [0.15, 0.2) is 42.7 Å². The SMILES string of the molecule is CCN1C(=O)OC2COCCC2c2cc(-c3cc(NC(=O)c4cccc(C(F)(F)F)c4F)cnc3C)cnc21. The summed E-state index contributed by atoms with van der Waals surface area (Å²) in [4.78, 5) is 35.8. The van der Waals surface area contributed by atoms with Gasteiger partial charge < -0.3 is 14.8 Å². The summed E-state index contributed by atoms with van der Waals surface area (Å²) in [7, 11) is 0. The van der Waals surface area contributed by atoms with E-state index in [0.29, 0.717) is 48.3 Å². The Morgan fingerprint density at radius 2 is 2.00 bits per heavy atom. The summed E-state index contributed by atoms with van der Waals surface area (Å²) < 4.78 is 65.0. The average molecular weight is 545 g/mol. The maximum Gasteiger partial charge on any atom is 0.419 e. The summed E-state index contributed by atoms with van der Waals surface area (Å²) in [5.41, 5.74) is 0.541. The van der Waals surface area contributed by atoms with Gasteiger partial charge >= 0.3 is 12.3 Å². The zero-order valence-corrected chi connectivity index (χ0v) is 21.0. The van der Waals surface area contributed by atoms with Gasteiger partial charge in [-0.15, -0.1) is 0 Å². The molecular formula is C27H24F4N4O4. The first-order valence-electron chi connectivity index (χ1n) is 12.3. The first kappa shape index (κ1) is 26.5. The van der Waals surface area contributed by atoms with Crippen molar-refractivity contribution in [2.75, 3.05) is 30.0 Å². The zero-order valence-electron chi connectivity index (χ0n) is 21.0. The molecule has 0 radical (unpaired) electrons. The van der Waals surface area contributed by atoms with Crippen LogP contribution in [-0.2, 0) is 15.7 Å². The summed E-state index contributed by atoms with van der Waals surface area (Å²) in [5.74, 6) is -2.34. The van der Waals surface area contributed by atoms with Crippen LogP contribution in [0, 0.1) is 12.7 Å². The predicted molar refractivity (Wildman–Crippen MR) is 133 cm³/mol. The molecule has 2 unspecified atom stereocenters. The van der Waals surface area contributed by atoms with Gasteiger partial charge in [-0.3, -0.25) is 14.7 Å². The molecule has 5 rings (SSSR count). The smallest absolute Gasteiger partial charge is 0.419 e. The summed E-state index contributed by atoms with van der Waals surface area (Å²) in [6.07, 6.45) is -2.37. The van der Waals surface area contributed by atoms with Crippen LogP contribution >= 0.6 is 0 Å². The van der Waals surface area contributed by atoms with E-state index in [4.69, 9.17) is 9.47 Å². The number of pyridine rings is 2. The van der Waals surface area contributed by atoms with E-state index in [1.165, 1.54) is 11.1 Å². The molecule has 2 aromatic heterocycles. The lowest BCUT2D eigenvalue weighted by Crippen LogP contribution is -2.36. The first-order chi connectivity index (χ1) is 18.6. The number of nitrogens with zero attached hydrogens (tertiary/aromatic N) is 3. The number of carbonyl (C=O) groups excluding carboxylic acids is 2. The molecule has 1 fully saturated rings. The molecule has 0 aliphatic carbocycles. The van der Waals surface area contributed by atoms with Crippen LogP contribution in [0.3, 0.4) is 0 Å². The zero-order chi connectivity index (χ0) is 27.9. The molecule has 1 aromatic carbocycles. The van der Waals surface area contributed by atoms with Gasteiger partial charge in [0, 0.05) is 47.7 Å². The standard InChI is InChI=1S/C27H24F4N4O4/c1-3-35-24-20(17-7-8-38-13-22(17)39-26(35)37)9-15(11-33-24)19-10-16(12-32-14(19)2)34-25(36)18-5-4-6-21(23(18)28)27(29,30)31/h4-6,9-12,17,22H,3,7-8,13H2,1-2H3,(H,34,36). The lowest BCUT2D eigenvalue weighted by Gasteiger charge is -2.29. The van der Waals surface area contributed by atoms with Crippen molar-refractivity contribution in [2.24, 2.45) is 0 Å². The number of fused-ring (bicyclic) bond motifs is 3. The van der Waals surface area contributed by atoms with Gasteiger partial charge in [0.1, 0.15) is 17.7 Å². The first-order valence-corrected chi connectivity index (χ1v) is 12.3. The van der Waals surface area contributed by atoms with Crippen molar-refractivity contribution in [1.29, 1.82) is 0 Å². The minimum Gasteiger partial charge on any atom is -0.443 e. The Balaban J connectivity index is 1.50. The van der Waals surface area contributed by atoms with Crippen molar-refractivity contribution in [3.05, 3.63) is 70.9 Å². The van der Waals surface area contributed by atoms with Gasteiger partial charge in [0.25, 0.3) is 5.91 Å². The van der Waals surface area contributed by atoms with Crippen LogP contribution in [0.4, 0.5) is 33.9 Å². The molecule has 2 atom stereocenters. The second-order valence-electron chi connectivity index (χ2n) is 9.25. The molecule has 39 heavy (non-hydrogen) atoms. The van der Waals surface area contributed by atoms with Crippen LogP contribution < -0.4 is 10.2 Å². The molecule has 1 N–H and O–H groups in total. The molecule has 8 nitrogen and oxygen atoms in total. The number of aryl methyl sites for hydroxylation is 1. The third kappa shape index (κ3) is 5.03. The van der Waals surface area contributed by atoms with Gasteiger partial charge in [-0.05, 0) is 44.5 Å². The van der Waals surface area contributed by atoms with Crippen LogP contribution in [-0.4, -0.2) is 47.8 Å². The van der Waals surface area contributed by atoms with Crippen molar-refractivity contribution < 1.29 is 36.6 Å². The average Bonchev–Trinajstić information content (AvgIpc) is 3.02. The summed E-state index contributed by atoms with van der Waals surface area (Å²) in [5, 5.41) is 2.44. The number of rotatable bonds is 4. The molecule has 0 bridgehead atoms. The van der Waals surface area contributed by atoms with Gasteiger partial charge in [0.2, 0.25) is 0 Å². The van der Waals surface area contributed by atoms with E-state index < -0.39 is 41.2 Å². The van der Waals surface area contributed by atoms with Crippen LogP contribution in [0.2, 0.25) is 0 Å². The lowest BCUT2D eigenvalue weighted by molar-refractivity contribution is -0.140. The number of hydrogen-bond acceptors (Lipinski definition) is 6. The van der Waals surface area contributed by atoms with E-state index in [2.05, 4.69) is 15.3 Å².